The summed E-state index contributed by atoms with van der Waals surface area (Å²) in [5.41, 5.74) is 3.03. The summed E-state index contributed by atoms with van der Waals surface area (Å²) in [5, 5.41) is 0.724. The number of benzene rings is 2. The van der Waals surface area contributed by atoms with Crippen molar-refractivity contribution in [2.75, 3.05) is 22.9 Å². The van der Waals surface area contributed by atoms with Gasteiger partial charge in [0.2, 0.25) is 5.91 Å². The third kappa shape index (κ3) is 3.08. The average molecular weight is 391 g/mol. The summed E-state index contributed by atoms with van der Waals surface area (Å²) >= 11 is 6.11. The van der Waals surface area contributed by atoms with Gasteiger partial charge in [-0.1, -0.05) is 11.6 Å². The number of hydrogen-bond donors (Lipinski definition) is 1. The lowest BCUT2D eigenvalue weighted by molar-refractivity contribution is -0.118. The van der Waals surface area contributed by atoms with Crippen LogP contribution in [0.4, 0.5) is 11.4 Å². The van der Waals surface area contributed by atoms with Crippen molar-refractivity contribution in [3.8, 4) is 0 Å². The van der Waals surface area contributed by atoms with Crippen LogP contribution >= 0.6 is 11.6 Å². The van der Waals surface area contributed by atoms with Crippen LogP contribution in [0.25, 0.3) is 0 Å². The monoisotopic (exact) mass is 390 g/mol. The minimum Gasteiger partial charge on any atom is -0.359 e. The van der Waals surface area contributed by atoms with Crippen LogP contribution in [0.1, 0.15) is 18.4 Å². The Morgan fingerprint density at radius 1 is 1.04 bits per heavy atom. The number of thiol groups is 1. The van der Waals surface area contributed by atoms with Gasteiger partial charge in [0.1, 0.15) is 6.04 Å². The molecule has 0 aromatic heterocycles. The first-order valence-electron chi connectivity index (χ1n) is 8.65. The molecule has 0 bridgehead atoms. The van der Waals surface area contributed by atoms with Gasteiger partial charge in [-0.3, -0.25) is 4.79 Å². The molecule has 4 rings (SSSR count). The van der Waals surface area contributed by atoms with E-state index in [1.807, 2.05) is 18.2 Å². The molecule has 0 saturated carbocycles. The number of amides is 1. The summed E-state index contributed by atoms with van der Waals surface area (Å²) in [4.78, 5) is 17.2. The van der Waals surface area contributed by atoms with E-state index in [1.54, 1.807) is 29.2 Å². The first kappa shape index (κ1) is 17.4. The van der Waals surface area contributed by atoms with Crippen LogP contribution in [-0.2, 0) is 21.9 Å². The molecule has 1 amide bonds. The lowest BCUT2D eigenvalue weighted by atomic mass is 9.99. The van der Waals surface area contributed by atoms with Crippen LogP contribution in [0, 0.1) is 0 Å². The highest BCUT2D eigenvalue weighted by molar-refractivity contribution is 7.72. The zero-order chi connectivity index (χ0) is 18.3. The van der Waals surface area contributed by atoms with E-state index in [9.17, 15) is 13.2 Å². The quantitative estimate of drug-likeness (QED) is 0.819. The second-order valence-electron chi connectivity index (χ2n) is 6.64. The van der Waals surface area contributed by atoms with Crippen molar-refractivity contribution in [3.05, 3.63) is 53.1 Å². The number of fused-ring (bicyclic) bond motifs is 1. The summed E-state index contributed by atoms with van der Waals surface area (Å²) in [5.74, 6) is 0.0621. The molecule has 5 nitrogen and oxygen atoms in total. The molecule has 2 aromatic carbocycles. The highest BCUT2D eigenvalue weighted by Crippen LogP contribution is 2.34. The van der Waals surface area contributed by atoms with E-state index in [2.05, 4.69) is 4.90 Å². The first-order chi connectivity index (χ1) is 12.5. The van der Waals surface area contributed by atoms with Crippen molar-refractivity contribution in [2.45, 2.75) is 30.2 Å². The van der Waals surface area contributed by atoms with Crippen molar-refractivity contribution in [2.24, 2.45) is 0 Å². The number of hydrogen-bond acceptors (Lipinski definition) is 4. The maximum Gasteiger partial charge on any atom is 0.249 e. The lowest BCUT2D eigenvalue weighted by Gasteiger charge is -2.35. The molecule has 2 aliphatic heterocycles. The number of aryl methyl sites for hydroxylation is 1. The number of halogens is 1. The number of rotatable bonds is 3. The summed E-state index contributed by atoms with van der Waals surface area (Å²) in [6, 6.07) is 12.2. The van der Waals surface area contributed by atoms with Gasteiger partial charge in [0.15, 0.2) is 10.7 Å². The third-order valence-corrected chi connectivity index (χ3v) is 6.08. The molecule has 1 fully saturated rings. The van der Waals surface area contributed by atoms with E-state index in [1.165, 1.54) is 5.56 Å². The minimum absolute atomic E-state index is 0.0621. The molecule has 136 valence electrons. The van der Waals surface area contributed by atoms with E-state index < -0.39 is 10.7 Å². The van der Waals surface area contributed by atoms with E-state index in [0.29, 0.717) is 6.54 Å². The van der Waals surface area contributed by atoms with Crippen LogP contribution in [0.15, 0.2) is 47.4 Å². The normalized spacial score (nSPS) is 19.9. The number of anilines is 2. The van der Waals surface area contributed by atoms with Gasteiger partial charge in [0.05, 0.1) is 4.90 Å². The van der Waals surface area contributed by atoms with E-state index in [-0.39, 0.29) is 16.8 Å². The molecule has 1 atom stereocenters. The molecule has 7 heteroatoms. The minimum atomic E-state index is -2.60. The van der Waals surface area contributed by atoms with Crippen LogP contribution in [0.5, 0.6) is 0 Å². The fraction of sp³-hybridized carbons (Fsp3) is 0.316. The Hall–Kier alpha value is -2.05. The second kappa shape index (κ2) is 6.93. The molecule has 0 radical (unpaired) electrons. The van der Waals surface area contributed by atoms with Crippen molar-refractivity contribution in [3.63, 3.8) is 0 Å². The molecule has 2 heterocycles. The van der Waals surface area contributed by atoms with Crippen LogP contribution in [0.2, 0.25) is 5.02 Å². The highest BCUT2D eigenvalue weighted by atomic mass is 35.5. The summed E-state index contributed by atoms with van der Waals surface area (Å²) in [6.45, 7) is 1.49. The topological polar surface area (TPSA) is 57.7 Å². The standard InChI is InChI=1S/C19H19ClN2O3S/c20-14-3-8-17-13(12-14)2-1-10-22(17)18-9-11-21(19(18)23)15-4-6-16(7-5-15)26(24)25/h3-8,12,18,26H,1-2,9-11H2/t18-/m1/s1. The molecule has 0 N–H and O–H groups in total. The van der Waals surface area contributed by atoms with Gasteiger partial charge >= 0.3 is 0 Å². The highest BCUT2D eigenvalue weighted by Gasteiger charge is 2.38. The van der Waals surface area contributed by atoms with Crippen LogP contribution < -0.4 is 9.80 Å². The van der Waals surface area contributed by atoms with Crippen molar-refractivity contribution >= 4 is 39.6 Å². The number of carbonyl (C=O) groups is 1. The Labute approximate surface area is 159 Å². The molecule has 2 aromatic rings. The molecule has 2 aliphatic rings. The summed E-state index contributed by atoms with van der Waals surface area (Å²) < 4.78 is 22.1. The van der Waals surface area contributed by atoms with Crippen LogP contribution in [0.3, 0.4) is 0 Å². The molecule has 26 heavy (non-hydrogen) atoms. The summed E-state index contributed by atoms with van der Waals surface area (Å²) in [6.07, 6.45) is 2.73. The smallest absolute Gasteiger partial charge is 0.249 e. The van der Waals surface area contributed by atoms with Gasteiger partial charge < -0.3 is 9.80 Å². The van der Waals surface area contributed by atoms with Gasteiger partial charge in [0, 0.05) is 29.5 Å². The predicted molar refractivity (Wildman–Crippen MR) is 103 cm³/mol. The van der Waals surface area contributed by atoms with Gasteiger partial charge in [-0.25, -0.2) is 8.42 Å². The molecule has 1 saturated heterocycles. The van der Waals surface area contributed by atoms with Gasteiger partial charge in [0.25, 0.3) is 0 Å². The second-order valence-corrected chi connectivity index (χ2v) is 8.10. The zero-order valence-corrected chi connectivity index (χ0v) is 15.7. The van der Waals surface area contributed by atoms with E-state index in [4.69, 9.17) is 11.6 Å². The predicted octanol–water partition coefficient (Wildman–Crippen LogP) is 2.87. The Kier molecular flexibility index (Phi) is 4.63. The van der Waals surface area contributed by atoms with Crippen molar-refractivity contribution < 1.29 is 13.2 Å². The third-order valence-electron chi connectivity index (χ3n) is 5.12. The van der Waals surface area contributed by atoms with Crippen molar-refractivity contribution in [1.82, 2.24) is 0 Å². The Bertz CT molecular complexity index is 919. The average Bonchev–Trinajstić information content (AvgIpc) is 3.02. The van der Waals surface area contributed by atoms with Crippen molar-refractivity contribution in [1.29, 1.82) is 0 Å². The first-order valence-corrected chi connectivity index (χ1v) is 10.2. The van der Waals surface area contributed by atoms with Gasteiger partial charge in [-0.15, -0.1) is 0 Å². The molecule has 0 unspecified atom stereocenters. The Morgan fingerprint density at radius 3 is 2.54 bits per heavy atom. The SMILES string of the molecule is O=C1[C@H](N2CCCc3cc(Cl)ccc32)CCN1c1ccc([SH](=O)=O)cc1. The lowest BCUT2D eigenvalue weighted by Crippen LogP contribution is -2.44. The zero-order valence-electron chi connectivity index (χ0n) is 14.1. The number of nitrogens with zero attached hydrogens (tertiary/aromatic N) is 2. The molecule has 0 spiro atoms. The molecular formula is C19H19ClN2O3S. The maximum absolute atomic E-state index is 13.0. The maximum atomic E-state index is 13.0. The van der Waals surface area contributed by atoms with Gasteiger partial charge in [-0.2, -0.15) is 0 Å². The van der Waals surface area contributed by atoms with Gasteiger partial charge in [-0.05, 0) is 67.3 Å². The molecule has 0 aliphatic carbocycles. The number of carbonyl (C=O) groups excluding carboxylic acids is 1. The van der Waals surface area contributed by atoms with Crippen LogP contribution in [-0.4, -0.2) is 33.5 Å². The molecular weight excluding hydrogens is 372 g/mol. The fourth-order valence-electron chi connectivity index (χ4n) is 3.88. The van der Waals surface area contributed by atoms with E-state index >= 15 is 0 Å². The Morgan fingerprint density at radius 2 is 1.81 bits per heavy atom. The fourth-order valence-corrected chi connectivity index (χ4v) is 4.47. The largest absolute Gasteiger partial charge is 0.359 e. The summed E-state index contributed by atoms with van der Waals surface area (Å²) in [7, 11) is -2.60. The Balaban J connectivity index is 1.58. The van der Waals surface area contributed by atoms with E-state index in [0.717, 1.165) is 42.2 Å².